The number of aromatic nitrogens is 2. The lowest BCUT2D eigenvalue weighted by atomic mass is 10.0. The van der Waals surface area contributed by atoms with Gasteiger partial charge in [-0.3, -0.25) is 4.98 Å². The van der Waals surface area contributed by atoms with Gasteiger partial charge in [-0.25, -0.2) is 4.98 Å². The molecule has 4 nitrogen and oxygen atoms in total. The highest BCUT2D eigenvalue weighted by molar-refractivity contribution is 14.1. The van der Waals surface area contributed by atoms with Crippen molar-refractivity contribution in [3.63, 3.8) is 0 Å². The Labute approximate surface area is 127 Å². The van der Waals surface area contributed by atoms with Gasteiger partial charge in [0.1, 0.15) is 5.69 Å². The van der Waals surface area contributed by atoms with Crippen molar-refractivity contribution in [2.75, 3.05) is 7.11 Å². The number of hydrogen-bond acceptors (Lipinski definition) is 4. The fourth-order valence-corrected chi connectivity index (χ4v) is 2.62. The molecule has 1 aromatic carbocycles. The first kappa shape index (κ1) is 13.7. The molecule has 2 rings (SSSR count). The van der Waals surface area contributed by atoms with Crippen LogP contribution in [0, 0.1) is 3.57 Å². The van der Waals surface area contributed by atoms with E-state index in [0.717, 1.165) is 13.6 Å². The van der Waals surface area contributed by atoms with E-state index >= 15 is 0 Å². The van der Waals surface area contributed by atoms with E-state index in [0.29, 0.717) is 11.6 Å². The Bertz CT molecular complexity index is 565. The zero-order chi connectivity index (χ0) is 13.1. The molecule has 1 heterocycles. The molecule has 1 aromatic heterocycles. The van der Waals surface area contributed by atoms with E-state index in [-0.39, 0.29) is 6.04 Å². The third-order valence-electron chi connectivity index (χ3n) is 2.47. The van der Waals surface area contributed by atoms with Crippen LogP contribution in [0.5, 0.6) is 5.88 Å². The van der Waals surface area contributed by atoms with Crippen molar-refractivity contribution in [2.45, 2.75) is 6.04 Å². The lowest BCUT2D eigenvalue weighted by Crippen LogP contribution is -2.16. The maximum Gasteiger partial charge on any atom is 0.237 e. The first-order valence-corrected chi connectivity index (χ1v) is 7.06. The van der Waals surface area contributed by atoms with Crippen molar-refractivity contribution in [3.05, 3.63) is 49.9 Å². The van der Waals surface area contributed by atoms with Gasteiger partial charge < -0.3 is 10.5 Å². The van der Waals surface area contributed by atoms with Crippen LogP contribution in [0.2, 0.25) is 0 Å². The number of rotatable bonds is 3. The average Bonchev–Trinajstić information content (AvgIpc) is 2.40. The number of halogens is 2. The van der Waals surface area contributed by atoms with Gasteiger partial charge in [0.05, 0.1) is 13.2 Å². The number of hydrogen-bond donors (Lipinski definition) is 1. The third-order valence-corrected chi connectivity index (χ3v) is 3.87. The first-order chi connectivity index (χ1) is 8.63. The summed E-state index contributed by atoms with van der Waals surface area (Å²) in [6, 6.07) is 5.62. The second-order valence-corrected chi connectivity index (χ2v) is 5.69. The van der Waals surface area contributed by atoms with Gasteiger partial charge in [-0.15, -0.1) is 0 Å². The van der Waals surface area contributed by atoms with E-state index in [4.69, 9.17) is 10.5 Å². The van der Waals surface area contributed by atoms with Crippen molar-refractivity contribution < 1.29 is 4.74 Å². The molecule has 0 radical (unpaired) electrons. The van der Waals surface area contributed by atoms with Crippen LogP contribution in [-0.4, -0.2) is 17.1 Å². The minimum Gasteiger partial charge on any atom is -0.480 e. The Morgan fingerprint density at radius 2 is 2.06 bits per heavy atom. The van der Waals surface area contributed by atoms with Gasteiger partial charge in [0.15, 0.2) is 0 Å². The molecule has 18 heavy (non-hydrogen) atoms. The summed E-state index contributed by atoms with van der Waals surface area (Å²) in [6.45, 7) is 0. The number of methoxy groups -OCH3 is 1. The minimum absolute atomic E-state index is 0.377. The van der Waals surface area contributed by atoms with Gasteiger partial charge in [0, 0.05) is 20.4 Å². The van der Waals surface area contributed by atoms with Crippen molar-refractivity contribution in [2.24, 2.45) is 5.73 Å². The summed E-state index contributed by atoms with van der Waals surface area (Å²) >= 11 is 5.75. The molecule has 0 saturated heterocycles. The summed E-state index contributed by atoms with van der Waals surface area (Å²) in [4.78, 5) is 8.37. The third kappa shape index (κ3) is 2.81. The number of nitrogens with zero attached hydrogens (tertiary/aromatic N) is 2. The SMILES string of the molecule is COc1nccnc1C(N)c1cc(I)ccc1Br. The van der Waals surface area contributed by atoms with Gasteiger partial charge in [0.2, 0.25) is 5.88 Å². The van der Waals surface area contributed by atoms with E-state index < -0.39 is 0 Å². The topological polar surface area (TPSA) is 61.0 Å². The number of nitrogens with two attached hydrogens (primary N) is 1. The normalized spacial score (nSPS) is 12.2. The lowest BCUT2D eigenvalue weighted by Gasteiger charge is -2.15. The molecule has 1 atom stereocenters. The monoisotopic (exact) mass is 419 g/mol. The van der Waals surface area contributed by atoms with E-state index in [1.165, 1.54) is 0 Å². The van der Waals surface area contributed by atoms with Gasteiger partial charge >= 0.3 is 0 Å². The largest absolute Gasteiger partial charge is 0.480 e. The summed E-state index contributed by atoms with van der Waals surface area (Å²) in [5, 5.41) is 0. The van der Waals surface area contributed by atoms with Crippen molar-refractivity contribution in [1.82, 2.24) is 9.97 Å². The molecule has 2 aromatic rings. The van der Waals surface area contributed by atoms with E-state index in [1.54, 1.807) is 19.5 Å². The fraction of sp³-hybridized carbons (Fsp3) is 0.167. The molecule has 0 aliphatic rings. The molecule has 0 aliphatic heterocycles. The van der Waals surface area contributed by atoms with Gasteiger partial charge in [0.25, 0.3) is 0 Å². The summed E-state index contributed by atoms with van der Waals surface area (Å²) in [6.07, 6.45) is 3.19. The smallest absolute Gasteiger partial charge is 0.237 e. The van der Waals surface area contributed by atoms with Crippen molar-refractivity contribution in [1.29, 1.82) is 0 Å². The second-order valence-electron chi connectivity index (χ2n) is 3.59. The van der Waals surface area contributed by atoms with Crippen molar-refractivity contribution in [3.8, 4) is 5.88 Å². The maximum atomic E-state index is 6.25. The fourth-order valence-electron chi connectivity index (χ4n) is 1.61. The van der Waals surface area contributed by atoms with Gasteiger partial charge in [-0.2, -0.15) is 0 Å². The Morgan fingerprint density at radius 3 is 2.78 bits per heavy atom. The van der Waals surface area contributed by atoms with Crippen LogP contribution in [0.1, 0.15) is 17.3 Å². The first-order valence-electron chi connectivity index (χ1n) is 5.19. The molecule has 2 N–H and O–H groups in total. The van der Waals surface area contributed by atoms with E-state index in [9.17, 15) is 0 Å². The van der Waals surface area contributed by atoms with Crippen molar-refractivity contribution >= 4 is 38.5 Å². The summed E-state index contributed by atoms with van der Waals surface area (Å²) in [5.41, 5.74) is 7.83. The Morgan fingerprint density at radius 1 is 1.33 bits per heavy atom. The summed E-state index contributed by atoms with van der Waals surface area (Å²) < 4.78 is 7.25. The maximum absolute atomic E-state index is 6.25. The predicted octanol–water partition coefficient (Wildman–Crippen LogP) is 2.90. The van der Waals surface area contributed by atoms with Gasteiger partial charge in [-0.1, -0.05) is 15.9 Å². The molecule has 0 spiro atoms. The molecule has 0 aliphatic carbocycles. The van der Waals surface area contributed by atoms with E-state index in [1.807, 2.05) is 18.2 Å². The van der Waals surface area contributed by atoms with Crippen LogP contribution < -0.4 is 10.5 Å². The lowest BCUT2D eigenvalue weighted by molar-refractivity contribution is 0.387. The van der Waals surface area contributed by atoms with Crippen LogP contribution in [0.4, 0.5) is 0 Å². The van der Waals surface area contributed by atoms with Crippen LogP contribution >= 0.6 is 38.5 Å². The average molecular weight is 420 g/mol. The highest BCUT2D eigenvalue weighted by Gasteiger charge is 2.18. The van der Waals surface area contributed by atoms with Crippen LogP contribution in [0.25, 0.3) is 0 Å². The zero-order valence-corrected chi connectivity index (χ0v) is 13.3. The highest BCUT2D eigenvalue weighted by atomic mass is 127. The Hall–Kier alpha value is -0.730. The molecule has 94 valence electrons. The summed E-state index contributed by atoms with van der Waals surface area (Å²) in [5.74, 6) is 0.454. The van der Waals surface area contributed by atoms with Crippen LogP contribution in [0.15, 0.2) is 35.1 Å². The number of ether oxygens (including phenoxy) is 1. The second kappa shape index (κ2) is 5.94. The minimum atomic E-state index is -0.377. The Balaban J connectivity index is 2.47. The van der Waals surface area contributed by atoms with Crippen LogP contribution in [0.3, 0.4) is 0 Å². The quantitative estimate of drug-likeness (QED) is 0.777. The molecular weight excluding hydrogens is 409 g/mol. The van der Waals surface area contributed by atoms with E-state index in [2.05, 4.69) is 48.5 Å². The molecule has 0 amide bonds. The standard InChI is InChI=1S/C12H11BrIN3O/c1-18-12-11(16-4-5-17-12)10(15)8-6-7(14)2-3-9(8)13/h2-6,10H,15H2,1H3. The molecular formula is C12H11BrIN3O. The predicted molar refractivity (Wildman–Crippen MR) is 81.5 cm³/mol. The Kier molecular flexibility index (Phi) is 4.52. The molecule has 0 bridgehead atoms. The molecule has 1 unspecified atom stereocenters. The molecule has 0 saturated carbocycles. The molecule has 0 fully saturated rings. The van der Waals surface area contributed by atoms with Crippen LogP contribution in [-0.2, 0) is 0 Å². The highest BCUT2D eigenvalue weighted by Crippen LogP contribution is 2.30. The summed E-state index contributed by atoms with van der Waals surface area (Å²) in [7, 11) is 1.56. The van der Waals surface area contributed by atoms with Gasteiger partial charge in [-0.05, 0) is 46.4 Å². The number of benzene rings is 1. The zero-order valence-electron chi connectivity index (χ0n) is 9.60. The molecule has 6 heteroatoms.